The second-order valence-corrected chi connectivity index (χ2v) is 6.02. The average molecular weight is 293 g/mol. The highest BCUT2D eigenvalue weighted by molar-refractivity contribution is 5.80. The molecule has 0 spiro atoms. The van der Waals surface area contributed by atoms with E-state index < -0.39 is 17.9 Å². The van der Waals surface area contributed by atoms with Crippen molar-refractivity contribution in [1.82, 2.24) is 14.7 Å². The van der Waals surface area contributed by atoms with Crippen molar-refractivity contribution in [3.8, 4) is 0 Å². The molecule has 1 aromatic rings. The Bertz CT molecular complexity index is 550. The Kier molecular flexibility index (Phi) is 4.34. The van der Waals surface area contributed by atoms with Gasteiger partial charge in [-0.15, -0.1) is 0 Å². The van der Waals surface area contributed by atoms with Crippen LogP contribution in [-0.2, 0) is 16.6 Å². The van der Waals surface area contributed by atoms with Crippen molar-refractivity contribution in [1.29, 1.82) is 0 Å². The second kappa shape index (κ2) is 5.87. The van der Waals surface area contributed by atoms with Crippen LogP contribution in [0.4, 0.5) is 0 Å². The predicted molar refractivity (Wildman–Crippen MR) is 77.6 cm³/mol. The Morgan fingerprint density at radius 1 is 1.48 bits per heavy atom. The van der Waals surface area contributed by atoms with E-state index in [2.05, 4.69) is 5.10 Å². The summed E-state index contributed by atoms with van der Waals surface area (Å²) in [5, 5.41) is 13.9. The summed E-state index contributed by atoms with van der Waals surface area (Å²) in [6, 6.07) is -0.478. The summed E-state index contributed by atoms with van der Waals surface area (Å²) < 4.78 is 1.68. The first-order valence-electron chi connectivity index (χ1n) is 7.37. The number of amides is 1. The lowest BCUT2D eigenvalue weighted by atomic mass is 9.89. The quantitative estimate of drug-likeness (QED) is 0.923. The fourth-order valence-electron chi connectivity index (χ4n) is 3.25. The number of likely N-dealkylation sites (tertiary alicyclic amines) is 1. The van der Waals surface area contributed by atoms with Crippen LogP contribution in [0.3, 0.4) is 0 Å². The van der Waals surface area contributed by atoms with Gasteiger partial charge in [-0.25, -0.2) is 0 Å². The number of aliphatic carboxylic acids is 1. The van der Waals surface area contributed by atoms with E-state index in [1.54, 1.807) is 9.58 Å². The molecule has 1 aliphatic heterocycles. The minimum atomic E-state index is -0.844. The highest BCUT2D eigenvalue weighted by Crippen LogP contribution is 2.38. The molecule has 0 radical (unpaired) electrons. The van der Waals surface area contributed by atoms with E-state index in [0.717, 1.165) is 11.3 Å². The molecule has 0 aliphatic carbocycles. The smallest absolute Gasteiger partial charge is 0.308 e. The summed E-state index contributed by atoms with van der Waals surface area (Å²) in [4.78, 5) is 25.9. The maximum atomic E-state index is 12.4. The second-order valence-electron chi connectivity index (χ2n) is 6.02. The van der Waals surface area contributed by atoms with Gasteiger partial charge in [-0.3, -0.25) is 14.3 Å². The first-order valence-corrected chi connectivity index (χ1v) is 7.37. The molecule has 0 bridgehead atoms. The van der Waals surface area contributed by atoms with Gasteiger partial charge in [-0.1, -0.05) is 0 Å². The molecule has 2 atom stereocenters. The molecule has 1 saturated heterocycles. The number of aromatic nitrogens is 2. The Balaban J connectivity index is 2.56. The summed E-state index contributed by atoms with van der Waals surface area (Å²) in [7, 11) is 1.81. The van der Waals surface area contributed by atoms with Gasteiger partial charge in [0.05, 0.1) is 17.7 Å². The van der Waals surface area contributed by atoms with Crippen LogP contribution in [0.25, 0.3) is 0 Å². The van der Waals surface area contributed by atoms with Gasteiger partial charge in [0.1, 0.15) is 0 Å². The first kappa shape index (κ1) is 15.5. The van der Waals surface area contributed by atoms with Gasteiger partial charge in [-0.2, -0.15) is 5.10 Å². The normalized spacial score (nSPS) is 23.5. The summed E-state index contributed by atoms with van der Waals surface area (Å²) in [5.74, 6) is -1.40. The van der Waals surface area contributed by atoms with Gasteiger partial charge >= 0.3 is 5.97 Å². The van der Waals surface area contributed by atoms with E-state index in [1.807, 2.05) is 34.0 Å². The van der Waals surface area contributed by atoms with Crippen LogP contribution in [0.1, 0.15) is 50.4 Å². The fourth-order valence-corrected chi connectivity index (χ4v) is 3.25. The van der Waals surface area contributed by atoms with Crippen molar-refractivity contribution < 1.29 is 14.7 Å². The molecule has 1 aromatic heterocycles. The number of nitrogens with zero attached hydrogens (tertiary/aromatic N) is 3. The summed E-state index contributed by atoms with van der Waals surface area (Å²) in [6.45, 7) is 5.73. The van der Waals surface area contributed by atoms with E-state index in [-0.39, 0.29) is 11.9 Å². The topological polar surface area (TPSA) is 75.4 Å². The van der Waals surface area contributed by atoms with Crippen LogP contribution in [-0.4, -0.2) is 37.7 Å². The molecule has 2 rings (SSSR count). The van der Waals surface area contributed by atoms with Crippen LogP contribution in [0, 0.1) is 12.8 Å². The highest BCUT2D eigenvalue weighted by Gasteiger charge is 2.41. The van der Waals surface area contributed by atoms with Crippen molar-refractivity contribution >= 4 is 11.9 Å². The number of aryl methyl sites for hydroxylation is 2. The zero-order valence-corrected chi connectivity index (χ0v) is 13.0. The lowest BCUT2D eigenvalue weighted by molar-refractivity contribution is -0.147. The van der Waals surface area contributed by atoms with E-state index in [1.165, 1.54) is 0 Å². The van der Waals surface area contributed by atoms with Crippen LogP contribution in [0.5, 0.6) is 0 Å². The fraction of sp³-hybridized carbons (Fsp3) is 0.667. The van der Waals surface area contributed by atoms with Crippen molar-refractivity contribution in [2.24, 2.45) is 13.0 Å². The Labute approximate surface area is 124 Å². The lowest BCUT2D eigenvalue weighted by Gasteiger charge is -2.36. The molecule has 21 heavy (non-hydrogen) atoms. The Morgan fingerprint density at radius 2 is 2.14 bits per heavy atom. The molecular formula is C15H23N3O3. The van der Waals surface area contributed by atoms with E-state index in [0.29, 0.717) is 19.3 Å². The average Bonchev–Trinajstić information content (AvgIpc) is 2.60. The molecular weight excluding hydrogens is 270 g/mol. The molecule has 2 heterocycles. The monoisotopic (exact) mass is 293 g/mol. The number of hydrogen-bond acceptors (Lipinski definition) is 3. The number of carbonyl (C=O) groups excluding carboxylic acids is 1. The van der Waals surface area contributed by atoms with Gasteiger partial charge in [-0.05, 0) is 33.6 Å². The van der Waals surface area contributed by atoms with Crippen molar-refractivity contribution in [3.63, 3.8) is 0 Å². The minimum Gasteiger partial charge on any atom is -0.481 e. The number of carboxylic acid groups (broad SMARTS) is 1. The third-order valence-electron chi connectivity index (χ3n) is 4.12. The van der Waals surface area contributed by atoms with Crippen LogP contribution < -0.4 is 0 Å². The molecule has 116 valence electrons. The predicted octanol–water partition coefficient (Wildman–Crippen LogP) is 1.89. The van der Waals surface area contributed by atoms with E-state index in [9.17, 15) is 14.7 Å². The zero-order chi connectivity index (χ0) is 15.7. The molecule has 6 heteroatoms. The third-order valence-corrected chi connectivity index (χ3v) is 4.12. The summed E-state index contributed by atoms with van der Waals surface area (Å²) in [6.07, 6.45) is 3.39. The van der Waals surface area contributed by atoms with Crippen LogP contribution in [0.2, 0.25) is 0 Å². The molecule has 1 fully saturated rings. The molecule has 6 nitrogen and oxygen atoms in total. The van der Waals surface area contributed by atoms with Gasteiger partial charge in [0.15, 0.2) is 0 Å². The molecule has 1 N–H and O–H groups in total. The summed E-state index contributed by atoms with van der Waals surface area (Å²) >= 11 is 0. The Hall–Kier alpha value is -1.85. The van der Waals surface area contributed by atoms with E-state index >= 15 is 0 Å². The number of hydrogen-bond donors (Lipinski definition) is 1. The standard InChI is InChI=1S/C15H23N3O3/c1-9(2)18-13(19)7-5-6-11(15(20)21)14(18)12-8-17(4)16-10(12)3/h8-9,11,14H,5-7H2,1-4H3,(H,20,21). The Morgan fingerprint density at radius 3 is 2.62 bits per heavy atom. The molecule has 1 aliphatic rings. The summed E-state index contributed by atoms with van der Waals surface area (Å²) in [5.41, 5.74) is 1.63. The first-order chi connectivity index (χ1) is 9.82. The molecule has 2 unspecified atom stereocenters. The van der Waals surface area contributed by atoms with Crippen LogP contribution in [0.15, 0.2) is 6.20 Å². The zero-order valence-electron chi connectivity index (χ0n) is 13.0. The molecule has 0 saturated carbocycles. The van der Waals surface area contributed by atoms with Crippen molar-refractivity contribution in [2.45, 2.75) is 52.1 Å². The highest BCUT2D eigenvalue weighted by atomic mass is 16.4. The largest absolute Gasteiger partial charge is 0.481 e. The van der Waals surface area contributed by atoms with E-state index in [4.69, 9.17) is 0 Å². The van der Waals surface area contributed by atoms with Gasteiger partial charge in [0.2, 0.25) is 5.91 Å². The lowest BCUT2D eigenvalue weighted by Crippen LogP contribution is -2.43. The minimum absolute atomic E-state index is 0.0296. The number of carbonyl (C=O) groups is 2. The molecule has 0 aromatic carbocycles. The number of rotatable bonds is 3. The van der Waals surface area contributed by atoms with Gasteiger partial charge in [0, 0.05) is 31.3 Å². The van der Waals surface area contributed by atoms with Crippen LogP contribution >= 0.6 is 0 Å². The maximum Gasteiger partial charge on any atom is 0.308 e. The molecule has 1 amide bonds. The SMILES string of the molecule is Cc1nn(C)cc1C1C(C(=O)O)CCCC(=O)N1C(C)C. The number of carboxylic acids is 1. The van der Waals surface area contributed by atoms with Gasteiger partial charge < -0.3 is 10.0 Å². The van der Waals surface area contributed by atoms with Gasteiger partial charge in [0.25, 0.3) is 0 Å². The maximum absolute atomic E-state index is 12.4. The van der Waals surface area contributed by atoms with Crippen molar-refractivity contribution in [3.05, 3.63) is 17.5 Å². The van der Waals surface area contributed by atoms with Crippen molar-refractivity contribution in [2.75, 3.05) is 0 Å². The third kappa shape index (κ3) is 2.94.